The van der Waals surface area contributed by atoms with E-state index < -0.39 is 0 Å². The fraction of sp³-hybridized carbons (Fsp3) is 0.833. The Morgan fingerprint density at radius 2 is 1.81 bits per heavy atom. The van der Waals surface area contributed by atoms with Gasteiger partial charge in [0.15, 0.2) is 12.5 Å². The van der Waals surface area contributed by atoms with Gasteiger partial charge in [0.1, 0.15) is 0 Å². The smallest absolute Gasteiger partial charge is 0.151 e. The van der Waals surface area contributed by atoms with Gasteiger partial charge in [-0.25, -0.2) is 0 Å². The molecule has 0 amide bonds. The third-order valence-corrected chi connectivity index (χ3v) is 3.79. The van der Waals surface area contributed by atoms with E-state index in [-0.39, 0.29) is 18.5 Å². The predicted molar refractivity (Wildman–Crippen MR) is 63.1 cm³/mol. The van der Waals surface area contributed by atoms with Crippen LogP contribution in [-0.2, 0) is 9.47 Å². The Morgan fingerprint density at radius 3 is 2.44 bits per heavy atom. The summed E-state index contributed by atoms with van der Waals surface area (Å²) >= 11 is 0. The molecule has 2 rings (SSSR count). The topological polar surface area (TPSA) is 24.9 Å². The summed E-state index contributed by atoms with van der Waals surface area (Å²) in [5.74, 6) is 0. The van der Waals surface area contributed by atoms with Crippen LogP contribution in [-0.4, -0.2) is 61.6 Å². The van der Waals surface area contributed by atoms with Gasteiger partial charge in [-0.1, -0.05) is 13.0 Å². The van der Waals surface area contributed by atoms with Gasteiger partial charge in [-0.15, -0.1) is 6.58 Å². The summed E-state index contributed by atoms with van der Waals surface area (Å²) in [6.45, 7) is 7.50. The Labute approximate surface area is 97.8 Å². The SMILES string of the molecule is C=CC1COC2C(OCC(CC)N2C)N1C. The van der Waals surface area contributed by atoms with Crippen molar-refractivity contribution in [1.82, 2.24) is 9.80 Å². The van der Waals surface area contributed by atoms with Crippen LogP contribution in [0.25, 0.3) is 0 Å². The first-order valence-corrected chi connectivity index (χ1v) is 5.98. The minimum atomic E-state index is 0.0320. The zero-order valence-corrected chi connectivity index (χ0v) is 10.4. The Morgan fingerprint density at radius 1 is 1.19 bits per heavy atom. The van der Waals surface area contributed by atoms with Gasteiger partial charge in [-0.2, -0.15) is 0 Å². The Hall–Kier alpha value is -0.420. The molecule has 2 saturated heterocycles. The van der Waals surface area contributed by atoms with Crippen LogP contribution in [0, 0.1) is 0 Å². The van der Waals surface area contributed by atoms with Crippen molar-refractivity contribution >= 4 is 0 Å². The van der Waals surface area contributed by atoms with E-state index in [0.717, 1.165) is 13.0 Å². The lowest BCUT2D eigenvalue weighted by Gasteiger charge is -2.51. The van der Waals surface area contributed by atoms with Crippen LogP contribution in [0.4, 0.5) is 0 Å². The standard InChI is InChI=1S/C12H22N2O2/c1-5-9-7-15-12-11(13(9)3)16-8-10(6-2)14(12)4/h5,9-12H,1,6-8H2,2-4H3. The molecule has 4 unspecified atom stereocenters. The number of rotatable bonds is 2. The van der Waals surface area contributed by atoms with Gasteiger partial charge in [0.25, 0.3) is 0 Å². The molecule has 0 aromatic rings. The van der Waals surface area contributed by atoms with Crippen LogP contribution in [0.1, 0.15) is 13.3 Å². The number of hydrogen-bond donors (Lipinski definition) is 0. The summed E-state index contributed by atoms with van der Waals surface area (Å²) in [5, 5.41) is 0. The van der Waals surface area contributed by atoms with E-state index in [1.54, 1.807) is 0 Å². The van der Waals surface area contributed by atoms with E-state index >= 15 is 0 Å². The molecule has 0 aromatic heterocycles. The molecular formula is C12H22N2O2. The Balaban J connectivity index is 2.09. The summed E-state index contributed by atoms with van der Waals surface area (Å²) < 4.78 is 11.8. The molecule has 16 heavy (non-hydrogen) atoms. The van der Waals surface area contributed by atoms with Crippen LogP contribution in [0.3, 0.4) is 0 Å². The van der Waals surface area contributed by atoms with Gasteiger partial charge in [0.05, 0.1) is 19.3 Å². The highest BCUT2D eigenvalue weighted by Gasteiger charge is 2.42. The highest BCUT2D eigenvalue weighted by Crippen LogP contribution is 2.27. The van der Waals surface area contributed by atoms with E-state index in [1.165, 1.54) is 0 Å². The van der Waals surface area contributed by atoms with E-state index in [2.05, 4.69) is 37.4 Å². The average Bonchev–Trinajstić information content (AvgIpc) is 2.31. The summed E-state index contributed by atoms with van der Waals surface area (Å²) in [7, 11) is 4.20. The van der Waals surface area contributed by atoms with Gasteiger partial charge in [-0.3, -0.25) is 9.80 Å². The van der Waals surface area contributed by atoms with Crippen LogP contribution < -0.4 is 0 Å². The first-order chi connectivity index (χ1) is 7.69. The summed E-state index contributed by atoms with van der Waals surface area (Å²) in [6, 6.07) is 0.725. The summed E-state index contributed by atoms with van der Waals surface area (Å²) in [5.41, 5.74) is 0. The minimum absolute atomic E-state index is 0.0320. The maximum Gasteiger partial charge on any atom is 0.151 e. The number of morpholine rings is 2. The van der Waals surface area contributed by atoms with Crippen LogP contribution in [0.5, 0.6) is 0 Å². The molecule has 2 aliphatic heterocycles. The number of nitrogens with zero attached hydrogens (tertiary/aromatic N) is 2. The highest BCUT2D eigenvalue weighted by molar-refractivity contribution is 4.94. The Bertz CT molecular complexity index is 259. The second-order valence-corrected chi connectivity index (χ2v) is 4.64. The average molecular weight is 226 g/mol. The van der Waals surface area contributed by atoms with Crippen molar-refractivity contribution < 1.29 is 9.47 Å². The van der Waals surface area contributed by atoms with Crippen molar-refractivity contribution in [2.45, 2.75) is 37.9 Å². The summed E-state index contributed by atoms with van der Waals surface area (Å²) in [6.07, 6.45) is 3.10. The molecule has 0 radical (unpaired) electrons. The van der Waals surface area contributed by atoms with Gasteiger partial charge in [0.2, 0.25) is 0 Å². The number of fused-ring (bicyclic) bond motifs is 1. The molecule has 92 valence electrons. The van der Waals surface area contributed by atoms with Gasteiger partial charge in [0, 0.05) is 6.04 Å². The molecule has 2 aliphatic rings. The van der Waals surface area contributed by atoms with Crippen molar-refractivity contribution in [3.63, 3.8) is 0 Å². The molecule has 4 heteroatoms. The molecule has 4 atom stereocenters. The lowest BCUT2D eigenvalue weighted by atomic mass is 10.1. The van der Waals surface area contributed by atoms with E-state index in [1.807, 2.05) is 6.08 Å². The van der Waals surface area contributed by atoms with E-state index in [4.69, 9.17) is 9.47 Å². The zero-order chi connectivity index (χ0) is 11.7. The van der Waals surface area contributed by atoms with E-state index in [9.17, 15) is 0 Å². The normalized spacial score (nSPS) is 41.7. The molecule has 0 bridgehead atoms. The first kappa shape index (κ1) is 12.0. The fourth-order valence-corrected chi connectivity index (χ4v) is 2.48. The number of hydrogen-bond acceptors (Lipinski definition) is 4. The quantitative estimate of drug-likeness (QED) is 0.653. The Kier molecular flexibility index (Phi) is 3.64. The lowest BCUT2D eigenvalue weighted by Crippen LogP contribution is -2.65. The number of ether oxygens (including phenoxy) is 2. The monoisotopic (exact) mass is 226 g/mol. The lowest BCUT2D eigenvalue weighted by molar-refractivity contribution is -0.272. The first-order valence-electron chi connectivity index (χ1n) is 5.98. The molecule has 0 spiro atoms. The van der Waals surface area contributed by atoms with Gasteiger partial charge in [-0.05, 0) is 20.5 Å². The molecule has 4 nitrogen and oxygen atoms in total. The largest absolute Gasteiger partial charge is 0.357 e. The molecule has 2 fully saturated rings. The molecule has 0 aliphatic carbocycles. The maximum absolute atomic E-state index is 5.91. The van der Waals surface area contributed by atoms with E-state index in [0.29, 0.717) is 12.6 Å². The van der Waals surface area contributed by atoms with Crippen molar-refractivity contribution in [2.75, 3.05) is 27.3 Å². The van der Waals surface area contributed by atoms with Gasteiger partial charge < -0.3 is 9.47 Å². The second kappa shape index (κ2) is 4.84. The second-order valence-electron chi connectivity index (χ2n) is 4.64. The van der Waals surface area contributed by atoms with Crippen LogP contribution in [0.15, 0.2) is 12.7 Å². The van der Waals surface area contributed by atoms with Crippen LogP contribution in [0.2, 0.25) is 0 Å². The number of likely N-dealkylation sites (N-methyl/N-ethyl adjacent to an activating group) is 2. The molecular weight excluding hydrogens is 204 g/mol. The fourth-order valence-electron chi connectivity index (χ4n) is 2.48. The third-order valence-electron chi connectivity index (χ3n) is 3.79. The molecule has 2 heterocycles. The zero-order valence-electron chi connectivity index (χ0n) is 10.4. The van der Waals surface area contributed by atoms with Crippen LogP contribution >= 0.6 is 0 Å². The summed E-state index contributed by atoms with van der Waals surface area (Å²) in [4.78, 5) is 4.51. The third kappa shape index (κ3) is 1.91. The maximum atomic E-state index is 5.91. The predicted octanol–water partition coefficient (Wildman–Crippen LogP) is 0.896. The van der Waals surface area contributed by atoms with Gasteiger partial charge >= 0.3 is 0 Å². The van der Waals surface area contributed by atoms with Crippen molar-refractivity contribution in [1.29, 1.82) is 0 Å². The van der Waals surface area contributed by atoms with Crippen molar-refractivity contribution in [2.24, 2.45) is 0 Å². The van der Waals surface area contributed by atoms with Crippen molar-refractivity contribution in [3.05, 3.63) is 12.7 Å². The molecule has 0 aromatic carbocycles. The molecule has 0 N–H and O–H groups in total. The molecule has 0 saturated carbocycles. The van der Waals surface area contributed by atoms with Crippen molar-refractivity contribution in [3.8, 4) is 0 Å². The minimum Gasteiger partial charge on any atom is -0.357 e. The highest BCUT2D eigenvalue weighted by atomic mass is 16.6.